The maximum Gasteiger partial charge on any atom is 0.194 e. The van der Waals surface area contributed by atoms with Crippen LogP contribution >= 0.6 is 11.3 Å². The summed E-state index contributed by atoms with van der Waals surface area (Å²) in [5, 5.41) is 14.4. The van der Waals surface area contributed by atoms with Crippen LogP contribution in [0.2, 0.25) is 0 Å². The van der Waals surface area contributed by atoms with Gasteiger partial charge in [0.1, 0.15) is 5.60 Å². The van der Waals surface area contributed by atoms with Crippen LogP contribution in [0.15, 0.2) is 30.5 Å². The number of aliphatic hydroxyl groups is 1. The number of aromatic nitrogens is 2. The van der Waals surface area contributed by atoms with E-state index in [0.29, 0.717) is 13.1 Å². The Morgan fingerprint density at radius 1 is 1.35 bits per heavy atom. The topological polar surface area (TPSA) is 49.6 Å². The molecule has 0 aliphatic heterocycles. The lowest BCUT2D eigenvalue weighted by Gasteiger charge is -2.24. The summed E-state index contributed by atoms with van der Waals surface area (Å²) in [6.45, 7) is 5.43. The third-order valence-corrected chi connectivity index (χ3v) is 5.68. The van der Waals surface area contributed by atoms with Gasteiger partial charge in [-0.1, -0.05) is 24.3 Å². The van der Waals surface area contributed by atoms with Crippen molar-refractivity contribution in [2.24, 2.45) is 0 Å². The summed E-state index contributed by atoms with van der Waals surface area (Å²) in [5.41, 5.74) is 3.84. The SMILES string of the molecule is Cc1cn2c(CNCC3(O)CCc4ccccc43)c(C)nc2s1. The molecule has 1 atom stereocenters. The first-order valence-corrected chi connectivity index (χ1v) is 8.84. The Morgan fingerprint density at radius 2 is 2.17 bits per heavy atom. The van der Waals surface area contributed by atoms with Crippen molar-refractivity contribution in [1.29, 1.82) is 0 Å². The number of nitrogens with zero attached hydrogens (tertiary/aromatic N) is 2. The molecule has 0 spiro atoms. The third-order valence-electron chi connectivity index (χ3n) is 4.78. The Balaban J connectivity index is 1.51. The van der Waals surface area contributed by atoms with Gasteiger partial charge in [-0.05, 0) is 37.8 Å². The first-order chi connectivity index (χ1) is 11.1. The Labute approximate surface area is 139 Å². The number of imidazole rings is 1. The first kappa shape index (κ1) is 14.9. The summed E-state index contributed by atoms with van der Waals surface area (Å²) < 4.78 is 2.16. The van der Waals surface area contributed by atoms with Crippen molar-refractivity contribution in [3.05, 3.63) is 57.9 Å². The second kappa shape index (κ2) is 5.44. The lowest BCUT2D eigenvalue weighted by Crippen LogP contribution is -2.36. The molecule has 1 unspecified atom stereocenters. The molecule has 0 fully saturated rings. The number of nitrogens with one attached hydrogen (secondary N) is 1. The minimum absolute atomic E-state index is 0.569. The largest absolute Gasteiger partial charge is 0.384 e. The molecule has 5 heteroatoms. The fourth-order valence-electron chi connectivity index (χ4n) is 3.56. The minimum atomic E-state index is -0.751. The minimum Gasteiger partial charge on any atom is -0.384 e. The second-order valence-corrected chi connectivity index (χ2v) is 7.64. The van der Waals surface area contributed by atoms with Gasteiger partial charge in [-0.2, -0.15) is 0 Å². The van der Waals surface area contributed by atoms with E-state index in [1.54, 1.807) is 11.3 Å². The number of aryl methyl sites for hydroxylation is 3. The van der Waals surface area contributed by atoms with Gasteiger partial charge in [-0.25, -0.2) is 4.98 Å². The molecule has 1 aliphatic rings. The molecule has 2 heterocycles. The van der Waals surface area contributed by atoms with Gasteiger partial charge >= 0.3 is 0 Å². The van der Waals surface area contributed by atoms with Crippen molar-refractivity contribution in [1.82, 2.24) is 14.7 Å². The second-order valence-electron chi connectivity index (χ2n) is 6.43. The van der Waals surface area contributed by atoms with E-state index >= 15 is 0 Å². The average Bonchev–Trinajstić information content (AvgIpc) is 3.13. The Hall–Kier alpha value is -1.69. The smallest absolute Gasteiger partial charge is 0.194 e. The predicted octanol–water partition coefficient (Wildman–Crippen LogP) is 2.94. The summed E-state index contributed by atoms with van der Waals surface area (Å²) in [4.78, 5) is 6.92. The summed E-state index contributed by atoms with van der Waals surface area (Å²) in [7, 11) is 0. The lowest BCUT2D eigenvalue weighted by atomic mass is 9.96. The zero-order valence-corrected chi connectivity index (χ0v) is 14.3. The highest BCUT2D eigenvalue weighted by Gasteiger charge is 2.35. The van der Waals surface area contributed by atoms with Gasteiger partial charge in [0.05, 0.1) is 11.4 Å². The highest BCUT2D eigenvalue weighted by atomic mass is 32.1. The van der Waals surface area contributed by atoms with Crippen LogP contribution < -0.4 is 5.32 Å². The average molecular weight is 327 g/mol. The Morgan fingerprint density at radius 3 is 3.04 bits per heavy atom. The van der Waals surface area contributed by atoms with E-state index in [0.717, 1.165) is 29.1 Å². The quantitative estimate of drug-likeness (QED) is 0.774. The third kappa shape index (κ3) is 2.49. The maximum atomic E-state index is 11.0. The van der Waals surface area contributed by atoms with E-state index in [2.05, 4.69) is 40.0 Å². The van der Waals surface area contributed by atoms with Gasteiger partial charge in [0.2, 0.25) is 0 Å². The van der Waals surface area contributed by atoms with Crippen LogP contribution in [-0.2, 0) is 18.6 Å². The molecule has 120 valence electrons. The molecule has 23 heavy (non-hydrogen) atoms. The van der Waals surface area contributed by atoms with E-state index in [4.69, 9.17) is 0 Å². The molecule has 3 aromatic rings. The van der Waals surface area contributed by atoms with Crippen LogP contribution in [0.4, 0.5) is 0 Å². The molecular weight excluding hydrogens is 306 g/mol. The molecule has 4 rings (SSSR count). The molecule has 2 aromatic heterocycles. The number of hydrogen-bond acceptors (Lipinski definition) is 4. The van der Waals surface area contributed by atoms with Gasteiger partial charge in [0.15, 0.2) is 4.96 Å². The molecule has 1 aliphatic carbocycles. The van der Waals surface area contributed by atoms with Crippen LogP contribution in [0.5, 0.6) is 0 Å². The molecule has 4 nitrogen and oxygen atoms in total. The monoisotopic (exact) mass is 327 g/mol. The summed E-state index contributed by atoms with van der Waals surface area (Å²) in [6.07, 6.45) is 3.88. The molecule has 0 amide bonds. The van der Waals surface area contributed by atoms with Gasteiger partial charge in [0.25, 0.3) is 0 Å². The summed E-state index contributed by atoms with van der Waals surface area (Å²) in [5.74, 6) is 0. The van der Waals surface area contributed by atoms with E-state index in [1.165, 1.54) is 16.1 Å². The van der Waals surface area contributed by atoms with Crippen molar-refractivity contribution in [2.75, 3.05) is 6.54 Å². The number of benzene rings is 1. The number of rotatable bonds is 4. The van der Waals surface area contributed by atoms with Crippen molar-refractivity contribution in [2.45, 2.75) is 38.8 Å². The molecular formula is C18H21N3OS. The molecule has 0 bridgehead atoms. The molecule has 2 N–H and O–H groups in total. The predicted molar refractivity (Wildman–Crippen MR) is 92.9 cm³/mol. The van der Waals surface area contributed by atoms with Gasteiger partial charge < -0.3 is 10.4 Å². The fraction of sp³-hybridized carbons (Fsp3) is 0.389. The van der Waals surface area contributed by atoms with Crippen LogP contribution in [0, 0.1) is 13.8 Å². The molecule has 0 saturated heterocycles. The van der Waals surface area contributed by atoms with E-state index in [-0.39, 0.29) is 0 Å². The van der Waals surface area contributed by atoms with E-state index in [1.807, 2.05) is 19.1 Å². The van der Waals surface area contributed by atoms with Crippen molar-refractivity contribution < 1.29 is 5.11 Å². The molecule has 1 aromatic carbocycles. The first-order valence-electron chi connectivity index (χ1n) is 8.02. The summed E-state index contributed by atoms with van der Waals surface area (Å²) in [6, 6.07) is 8.22. The van der Waals surface area contributed by atoms with E-state index < -0.39 is 5.60 Å². The van der Waals surface area contributed by atoms with E-state index in [9.17, 15) is 5.11 Å². The van der Waals surface area contributed by atoms with Crippen LogP contribution in [0.1, 0.15) is 33.8 Å². The maximum absolute atomic E-state index is 11.0. The number of fused-ring (bicyclic) bond motifs is 2. The van der Waals surface area contributed by atoms with Gasteiger partial charge in [0, 0.05) is 24.2 Å². The number of thiazole rings is 1. The van der Waals surface area contributed by atoms with Crippen molar-refractivity contribution in [3.8, 4) is 0 Å². The van der Waals surface area contributed by atoms with Gasteiger partial charge in [-0.15, -0.1) is 11.3 Å². The van der Waals surface area contributed by atoms with Crippen molar-refractivity contribution >= 4 is 16.3 Å². The zero-order chi connectivity index (χ0) is 16.0. The van der Waals surface area contributed by atoms with Crippen LogP contribution in [0.25, 0.3) is 4.96 Å². The Bertz CT molecular complexity index is 866. The van der Waals surface area contributed by atoms with Crippen molar-refractivity contribution in [3.63, 3.8) is 0 Å². The van der Waals surface area contributed by atoms with Gasteiger partial charge in [-0.3, -0.25) is 4.40 Å². The van der Waals surface area contributed by atoms with Crippen LogP contribution in [-0.4, -0.2) is 21.0 Å². The lowest BCUT2D eigenvalue weighted by molar-refractivity contribution is 0.0383. The number of hydrogen-bond donors (Lipinski definition) is 2. The van der Waals surface area contributed by atoms with Crippen LogP contribution in [0.3, 0.4) is 0 Å². The summed E-state index contributed by atoms with van der Waals surface area (Å²) >= 11 is 1.71. The zero-order valence-electron chi connectivity index (χ0n) is 13.5. The normalized spacial score (nSPS) is 20.3. The standard InChI is InChI=1S/C18H21N3OS/c1-12-10-21-16(13(2)20-17(21)23-12)9-19-11-18(22)8-7-14-5-3-4-6-15(14)18/h3-6,10,19,22H,7-9,11H2,1-2H3. The molecule has 0 radical (unpaired) electrons. The fourth-order valence-corrected chi connectivity index (χ4v) is 4.45. The molecule has 0 saturated carbocycles. The highest BCUT2D eigenvalue weighted by molar-refractivity contribution is 7.17. The Kier molecular flexibility index (Phi) is 3.52. The highest BCUT2D eigenvalue weighted by Crippen LogP contribution is 2.36.